The van der Waals surface area contributed by atoms with Crippen molar-refractivity contribution in [1.82, 2.24) is 14.9 Å². The van der Waals surface area contributed by atoms with Crippen LogP contribution in [-0.2, 0) is 13.1 Å². The molecular formula is C13H22N4. The molecule has 0 radical (unpaired) electrons. The average molecular weight is 234 g/mol. The van der Waals surface area contributed by atoms with Gasteiger partial charge in [-0.25, -0.2) is 4.98 Å². The molecule has 1 rings (SSSR count). The highest BCUT2D eigenvalue weighted by molar-refractivity contribution is 4.95. The quantitative estimate of drug-likeness (QED) is 0.737. The highest BCUT2D eigenvalue weighted by atomic mass is 15.1. The highest BCUT2D eigenvalue weighted by Crippen LogP contribution is 2.19. The van der Waals surface area contributed by atoms with Gasteiger partial charge in [0.25, 0.3) is 0 Å². The summed E-state index contributed by atoms with van der Waals surface area (Å²) in [6, 6.07) is 2.33. The van der Waals surface area contributed by atoms with E-state index in [2.05, 4.69) is 27.9 Å². The molecule has 0 aliphatic heterocycles. The lowest BCUT2D eigenvalue weighted by Gasteiger charge is -2.16. The first-order valence-corrected chi connectivity index (χ1v) is 6.21. The van der Waals surface area contributed by atoms with Crippen molar-refractivity contribution >= 4 is 0 Å². The van der Waals surface area contributed by atoms with Crippen molar-refractivity contribution in [2.45, 2.75) is 46.7 Å². The summed E-state index contributed by atoms with van der Waals surface area (Å²) in [7, 11) is 0. The molecule has 0 spiro atoms. The molecule has 0 unspecified atom stereocenters. The van der Waals surface area contributed by atoms with E-state index < -0.39 is 0 Å². The SMILES string of the molecule is CCCNCc1nccn1CCC(C)(C)C#N. The summed E-state index contributed by atoms with van der Waals surface area (Å²) in [4.78, 5) is 4.33. The van der Waals surface area contributed by atoms with E-state index >= 15 is 0 Å². The molecule has 94 valence electrons. The minimum Gasteiger partial charge on any atom is -0.334 e. The molecule has 0 aliphatic rings. The number of nitrogens with one attached hydrogen (secondary N) is 1. The Bertz CT molecular complexity index is 373. The smallest absolute Gasteiger partial charge is 0.122 e. The van der Waals surface area contributed by atoms with E-state index in [1.165, 1.54) is 0 Å². The molecule has 1 N–H and O–H groups in total. The Morgan fingerprint density at radius 2 is 2.29 bits per heavy atom. The van der Waals surface area contributed by atoms with E-state index in [0.29, 0.717) is 0 Å². The van der Waals surface area contributed by atoms with Gasteiger partial charge >= 0.3 is 0 Å². The lowest BCUT2D eigenvalue weighted by atomic mass is 9.91. The Labute approximate surface area is 104 Å². The maximum Gasteiger partial charge on any atom is 0.122 e. The van der Waals surface area contributed by atoms with Crippen LogP contribution in [-0.4, -0.2) is 16.1 Å². The summed E-state index contributed by atoms with van der Waals surface area (Å²) in [6.07, 6.45) is 5.78. The van der Waals surface area contributed by atoms with Crippen LogP contribution in [0.15, 0.2) is 12.4 Å². The van der Waals surface area contributed by atoms with Crippen molar-refractivity contribution in [3.8, 4) is 6.07 Å². The number of aromatic nitrogens is 2. The molecule has 0 aliphatic carbocycles. The summed E-state index contributed by atoms with van der Waals surface area (Å²) >= 11 is 0. The summed E-state index contributed by atoms with van der Waals surface area (Å²) in [5.74, 6) is 1.05. The standard InChI is InChI=1S/C13H22N4/c1-4-6-15-10-12-16-7-9-17(12)8-5-13(2,3)11-14/h7,9,15H,4-6,8,10H2,1-3H3. The Hall–Kier alpha value is -1.34. The summed E-state index contributed by atoms with van der Waals surface area (Å²) in [6.45, 7) is 8.75. The van der Waals surface area contributed by atoms with Gasteiger partial charge in [0.1, 0.15) is 5.82 Å². The number of aryl methyl sites for hydroxylation is 1. The van der Waals surface area contributed by atoms with Crippen molar-refractivity contribution in [2.75, 3.05) is 6.54 Å². The lowest BCUT2D eigenvalue weighted by Crippen LogP contribution is -2.19. The molecule has 1 aromatic heterocycles. The van der Waals surface area contributed by atoms with Crippen molar-refractivity contribution in [3.05, 3.63) is 18.2 Å². The van der Waals surface area contributed by atoms with E-state index in [1.807, 2.05) is 26.2 Å². The number of hydrogen-bond acceptors (Lipinski definition) is 3. The van der Waals surface area contributed by atoms with Crippen molar-refractivity contribution in [3.63, 3.8) is 0 Å². The van der Waals surface area contributed by atoms with Crippen LogP contribution in [0, 0.1) is 16.7 Å². The zero-order valence-electron chi connectivity index (χ0n) is 11.0. The highest BCUT2D eigenvalue weighted by Gasteiger charge is 2.16. The maximum atomic E-state index is 8.98. The molecule has 0 fully saturated rings. The fraction of sp³-hybridized carbons (Fsp3) is 0.692. The Balaban J connectivity index is 2.49. The topological polar surface area (TPSA) is 53.6 Å². The second-order valence-corrected chi connectivity index (χ2v) is 4.96. The fourth-order valence-corrected chi connectivity index (χ4v) is 1.54. The van der Waals surface area contributed by atoms with Crippen LogP contribution in [0.5, 0.6) is 0 Å². The largest absolute Gasteiger partial charge is 0.334 e. The van der Waals surface area contributed by atoms with Crippen LogP contribution in [0.3, 0.4) is 0 Å². The molecule has 0 saturated carbocycles. The summed E-state index contributed by atoms with van der Waals surface area (Å²) < 4.78 is 2.13. The molecule has 0 atom stereocenters. The molecule has 1 aromatic rings. The van der Waals surface area contributed by atoms with E-state index in [0.717, 1.165) is 38.3 Å². The normalized spacial score (nSPS) is 11.4. The molecule has 0 amide bonds. The minimum absolute atomic E-state index is 0.265. The molecule has 0 bridgehead atoms. The van der Waals surface area contributed by atoms with Gasteiger partial charge in [-0.05, 0) is 33.2 Å². The van der Waals surface area contributed by atoms with Gasteiger partial charge in [-0.15, -0.1) is 0 Å². The zero-order chi connectivity index (χ0) is 12.7. The van der Waals surface area contributed by atoms with Gasteiger partial charge in [0, 0.05) is 18.9 Å². The van der Waals surface area contributed by atoms with E-state index in [-0.39, 0.29) is 5.41 Å². The van der Waals surface area contributed by atoms with Gasteiger partial charge in [-0.2, -0.15) is 5.26 Å². The van der Waals surface area contributed by atoms with Crippen molar-refractivity contribution in [2.24, 2.45) is 5.41 Å². The molecule has 17 heavy (non-hydrogen) atoms. The third-order valence-corrected chi connectivity index (χ3v) is 2.79. The Morgan fingerprint density at radius 3 is 2.94 bits per heavy atom. The molecule has 0 aromatic carbocycles. The van der Waals surface area contributed by atoms with Crippen LogP contribution in [0.25, 0.3) is 0 Å². The number of imidazole rings is 1. The molecular weight excluding hydrogens is 212 g/mol. The van der Waals surface area contributed by atoms with Gasteiger partial charge in [0.15, 0.2) is 0 Å². The Morgan fingerprint density at radius 1 is 1.53 bits per heavy atom. The van der Waals surface area contributed by atoms with Crippen LogP contribution in [0.4, 0.5) is 0 Å². The third kappa shape index (κ3) is 4.58. The molecule has 4 heteroatoms. The van der Waals surface area contributed by atoms with Gasteiger partial charge in [-0.1, -0.05) is 6.92 Å². The Kier molecular flexibility index (Phi) is 5.17. The van der Waals surface area contributed by atoms with Crippen molar-refractivity contribution < 1.29 is 0 Å². The molecule has 1 heterocycles. The summed E-state index contributed by atoms with van der Waals surface area (Å²) in [5, 5.41) is 12.3. The first kappa shape index (κ1) is 13.7. The van der Waals surface area contributed by atoms with E-state index in [4.69, 9.17) is 5.26 Å². The number of hydrogen-bond donors (Lipinski definition) is 1. The monoisotopic (exact) mass is 234 g/mol. The van der Waals surface area contributed by atoms with Crippen LogP contribution in [0.1, 0.15) is 39.4 Å². The van der Waals surface area contributed by atoms with Crippen LogP contribution < -0.4 is 5.32 Å². The van der Waals surface area contributed by atoms with Gasteiger partial charge in [-0.3, -0.25) is 0 Å². The van der Waals surface area contributed by atoms with Crippen LogP contribution in [0.2, 0.25) is 0 Å². The number of rotatable bonds is 7. The van der Waals surface area contributed by atoms with E-state index in [9.17, 15) is 0 Å². The third-order valence-electron chi connectivity index (χ3n) is 2.79. The number of nitriles is 1. The predicted octanol–water partition coefficient (Wildman–Crippen LogP) is 2.32. The zero-order valence-corrected chi connectivity index (χ0v) is 11.0. The van der Waals surface area contributed by atoms with Crippen molar-refractivity contribution in [1.29, 1.82) is 5.26 Å². The first-order valence-electron chi connectivity index (χ1n) is 6.21. The summed E-state index contributed by atoms with van der Waals surface area (Å²) in [5.41, 5.74) is -0.265. The first-order chi connectivity index (χ1) is 8.09. The van der Waals surface area contributed by atoms with Crippen LogP contribution >= 0.6 is 0 Å². The second-order valence-electron chi connectivity index (χ2n) is 4.96. The average Bonchev–Trinajstić information content (AvgIpc) is 2.75. The molecule has 4 nitrogen and oxygen atoms in total. The van der Waals surface area contributed by atoms with Gasteiger partial charge < -0.3 is 9.88 Å². The van der Waals surface area contributed by atoms with E-state index in [1.54, 1.807) is 0 Å². The second kappa shape index (κ2) is 6.41. The molecule has 0 saturated heterocycles. The van der Waals surface area contributed by atoms with Gasteiger partial charge in [0.2, 0.25) is 0 Å². The van der Waals surface area contributed by atoms with Gasteiger partial charge in [0.05, 0.1) is 18.0 Å². The maximum absolute atomic E-state index is 8.98. The number of nitrogens with zero attached hydrogens (tertiary/aromatic N) is 3. The minimum atomic E-state index is -0.265. The lowest BCUT2D eigenvalue weighted by molar-refractivity contribution is 0.406. The predicted molar refractivity (Wildman–Crippen MR) is 68.2 cm³/mol. The fourth-order valence-electron chi connectivity index (χ4n) is 1.54.